The van der Waals surface area contributed by atoms with Crippen LogP contribution in [0.1, 0.15) is 12.5 Å². The molecule has 0 spiro atoms. The molecule has 0 aliphatic rings. The van der Waals surface area contributed by atoms with E-state index in [-0.39, 0.29) is 0 Å². The maximum Gasteiger partial charge on any atom is 0.118 e. The molecule has 0 saturated heterocycles. The van der Waals surface area contributed by atoms with Gasteiger partial charge in [-0.05, 0) is 42.8 Å². The molecule has 1 aromatic heterocycles. The smallest absolute Gasteiger partial charge is 0.118 e. The maximum absolute atomic E-state index is 5.12. The topological polar surface area (TPSA) is 14.2 Å². The van der Waals surface area contributed by atoms with Gasteiger partial charge in [0.1, 0.15) is 5.75 Å². The molecule has 1 aromatic carbocycles. The summed E-state index contributed by atoms with van der Waals surface area (Å²) in [5, 5.41) is 0. The van der Waals surface area contributed by atoms with Crippen LogP contribution in [-0.4, -0.2) is 11.7 Å². The van der Waals surface area contributed by atoms with Crippen LogP contribution in [0.2, 0.25) is 0 Å². The van der Waals surface area contributed by atoms with Crippen LogP contribution < -0.4 is 4.74 Å². The maximum atomic E-state index is 5.12. The summed E-state index contributed by atoms with van der Waals surface area (Å²) < 4.78 is 7.21. The fraction of sp³-hybridized carbons (Fsp3) is 0.143. The molecule has 1 heterocycles. The lowest BCUT2D eigenvalue weighted by Gasteiger charge is -2.03. The number of benzene rings is 1. The summed E-state index contributed by atoms with van der Waals surface area (Å²) in [7, 11) is 1.68. The summed E-state index contributed by atoms with van der Waals surface area (Å²) in [6.45, 7) is 2.09. The fourth-order valence-corrected chi connectivity index (χ4v) is 1.59. The highest BCUT2D eigenvalue weighted by atomic mass is 16.5. The number of ether oxygens (including phenoxy) is 1. The van der Waals surface area contributed by atoms with Crippen LogP contribution in [0.4, 0.5) is 0 Å². The van der Waals surface area contributed by atoms with Crippen molar-refractivity contribution in [3.8, 4) is 5.75 Å². The van der Waals surface area contributed by atoms with Crippen molar-refractivity contribution in [3.05, 3.63) is 54.4 Å². The first-order valence-electron chi connectivity index (χ1n) is 5.25. The van der Waals surface area contributed by atoms with E-state index in [1.807, 2.05) is 48.8 Å². The third kappa shape index (κ3) is 2.34. The molecule has 2 nitrogen and oxygen atoms in total. The van der Waals surface area contributed by atoms with Gasteiger partial charge in [-0.15, -0.1) is 0 Å². The van der Waals surface area contributed by atoms with Crippen LogP contribution >= 0.6 is 0 Å². The minimum atomic E-state index is 0.885. The molecule has 82 valence electrons. The zero-order valence-corrected chi connectivity index (χ0v) is 9.55. The summed E-state index contributed by atoms with van der Waals surface area (Å²) in [5.41, 5.74) is 2.36. The Labute approximate surface area is 95.8 Å². The lowest BCUT2D eigenvalue weighted by Crippen LogP contribution is -1.88. The van der Waals surface area contributed by atoms with Gasteiger partial charge in [-0.25, -0.2) is 0 Å². The highest BCUT2D eigenvalue weighted by Gasteiger charge is 1.94. The van der Waals surface area contributed by atoms with E-state index in [1.165, 1.54) is 11.3 Å². The predicted molar refractivity (Wildman–Crippen MR) is 67.3 cm³/mol. The lowest BCUT2D eigenvalue weighted by atomic mass is 10.2. The quantitative estimate of drug-likeness (QED) is 0.761. The summed E-state index contributed by atoms with van der Waals surface area (Å²) in [5.74, 6) is 0.885. The number of methoxy groups -OCH3 is 1. The first kappa shape index (κ1) is 10.6. The Morgan fingerprint density at radius 2 is 1.75 bits per heavy atom. The molecule has 0 aliphatic heterocycles. The second kappa shape index (κ2) is 4.71. The average molecular weight is 213 g/mol. The number of nitrogens with zero attached hydrogens (tertiary/aromatic N) is 1. The van der Waals surface area contributed by atoms with Crippen molar-refractivity contribution in [1.82, 2.24) is 4.57 Å². The van der Waals surface area contributed by atoms with Crippen LogP contribution in [0.15, 0.2) is 48.8 Å². The summed E-state index contributed by atoms with van der Waals surface area (Å²) in [6.07, 6.45) is 6.21. The molecular formula is C14H15NO. The minimum Gasteiger partial charge on any atom is -0.497 e. The Bertz CT molecular complexity index is 466. The number of allylic oxidation sites excluding steroid dienone is 1. The predicted octanol–water partition coefficient (Wildman–Crippen LogP) is 3.51. The van der Waals surface area contributed by atoms with Gasteiger partial charge in [-0.2, -0.15) is 0 Å². The third-order valence-corrected chi connectivity index (χ3v) is 2.50. The molecule has 0 unspecified atom stereocenters. The molecule has 16 heavy (non-hydrogen) atoms. The van der Waals surface area contributed by atoms with Crippen molar-refractivity contribution in [1.29, 1.82) is 0 Å². The van der Waals surface area contributed by atoms with Crippen molar-refractivity contribution in [2.45, 2.75) is 6.92 Å². The monoisotopic (exact) mass is 213 g/mol. The molecule has 0 radical (unpaired) electrons. The Morgan fingerprint density at radius 1 is 1.12 bits per heavy atom. The van der Waals surface area contributed by atoms with Crippen LogP contribution in [0.5, 0.6) is 5.75 Å². The molecule has 0 N–H and O–H groups in total. The molecule has 2 aromatic rings. The van der Waals surface area contributed by atoms with Crippen molar-refractivity contribution in [2.24, 2.45) is 0 Å². The van der Waals surface area contributed by atoms with Gasteiger partial charge in [-0.1, -0.05) is 12.1 Å². The second-order valence-electron chi connectivity index (χ2n) is 3.65. The van der Waals surface area contributed by atoms with Gasteiger partial charge in [0, 0.05) is 18.1 Å². The van der Waals surface area contributed by atoms with E-state index in [1.54, 1.807) is 7.11 Å². The highest BCUT2D eigenvalue weighted by molar-refractivity contribution is 5.69. The van der Waals surface area contributed by atoms with Crippen LogP contribution in [0, 0.1) is 0 Å². The lowest BCUT2D eigenvalue weighted by molar-refractivity contribution is 0.415. The van der Waals surface area contributed by atoms with Crippen molar-refractivity contribution < 1.29 is 4.74 Å². The van der Waals surface area contributed by atoms with Gasteiger partial charge in [-0.3, -0.25) is 0 Å². The van der Waals surface area contributed by atoms with Gasteiger partial charge in [0.25, 0.3) is 0 Å². The van der Waals surface area contributed by atoms with Gasteiger partial charge in [0.15, 0.2) is 0 Å². The number of hydrogen-bond donors (Lipinski definition) is 0. The summed E-state index contributed by atoms with van der Waals surface area (Å²) in [6, 6.07) is 12.1. The number of rotatable bonds is 3. The molecule has 0 atom stereocenters. The Kier molecular flexibility index (Phi) is 3.10. The largest absolute Gasteiger partial charge is 0.497 e. The normalized spacial score (nSPS) is 11.5. The molecule has 0 aliphatic carbocycles. The van der Waals surface area contributed by atoms with Gasteiger partial charge >= 0.3 is 0 Å². The van der Waals surface area contributed by atoms with Gasteiger partial charge in [0.2, 0.25) is 0 Å². The van der Waals surface area contributed by atoms with E-state index in [2.05, 4.69) is 17.6 Å². The summed E-state index contributed by atoms with van der Waals surface area (Å²) in [4.78, 5) is 0. The Morgan fingerprint density at radius 3 is 2.31 bits per heavy atom. The molecule has 0 saturated carbocycles. The second-order valence-corrected chi connectivity index (χ2v) is 3.65. The summed E-state index contributed by atoms with van der Waals surface area (Å²) >= 11 is 0. The molecule has 0 amide bonds. The average Bonchev–Trinajstić information content (AvgIpc) is 2.83. The van der Waals surface area contributed by atoms with Crippen molar-refractivity contribution in [2.75, 3.05) is 7.11 Å². The van der Waals surface area contributed by atoms with E-state index in [4.69, 9.17) is 4.74 Å². The van der Waals surface area contributed by atoms with Gasteiger partial charge < -0.3 is 9.30 Å². The van der Waals surface area contributed by atoms with Crippen LogP contribution in [0.25, 0.3) is 11.8 Å². The molecule has 0 bridgehead atoms. The van der Waals surface area contributed by atoms with Crippen molar-refractivity contribution in [3.63, 3.8) is 0 Å². The van der Waals surface area contributed by atoms with Crippen LogP contribution in [0.3, 0.4) is 0 Å². The van der Waals surface area contributed by atoms with Gasteiger partial charge in [0.05, 0.1) is 7.11 Å². The SMILES string of the molecule is COc1ccc(/C=C(\C)n2cccc2)cc1. The first-order chi connectivity index (χ1) is 7.79. The number of aromatic nitrogens is 1. The standard InChI is InChI=1S/C14H15NO/c1-12(15-9-3-4-10-15)11-13-5-7-14(16-2)8-6-13/h3-11H,1-2H3/b12-11+. The molecule has 0 fully saturated rings. The highest BCUT2D eigenvalue weighted by Crippen LogP contribution is 2.15. The van der Waals surface area contributed by atoms with Crippen molar-refractivity contribution >= 4 is 11.8 Å². The zero-order chi connectivity index (χ0) is 11.4. The Hall–Kier alpha value is -1.96. The van der Waals surface area contributed by atoms with E-state index in [9.17, 15) is 0 Å². The van der Waals surface area contributed by atoms with Crippen LogP contribution in [-0.2, 0) is 0 Å². The molecule has 2 heteroatoms. The zero-order valence-electron chi connectivity index (χ0n) is 9.55. The van der Waals surface area contributed by atoms with E-state index >= 15 is 0 Å². The molecule has 2 rings (SSSR count). The molecular weight excluding hydrogens is 198 g/mol. The fourth-order valence-electron chi connectivity index (χ4n) is 1.59. The van der Waals surface area contributed by atoms with E-state index in [0.717, 1.165) is 5.75 Å². The third-order valence-electron chi connectivity index (χ3n) is 2.50. The van der Waals surface area contributed by atoms with E-state index in [0.29, 0.717) is 0 Å². The van der Waals surface area contributed by atoms with E-state index < -0.39 is 0 Å². The first-order valence-corrected chi connectivity index (χ1v) is 5.25. The number of hydrogen-bond acceptors (Lipinski definition) is 1. The minimum absolute atomic E-state index is 0.885. The Balaban J connectivity index is 2.22.